The smallest absolute Gasteiger partial charge is 0.392 e. The number of rotatable bonds is 5. The fraction of sp³-hybridized carbons (Fsp3) is 0.389. The lowest BCUT2D eigenvalue weighted by Gasteiger charge is -2.21. The van der Waals surface area contributed by atoms with Crippen molar-refractivity contribution < 1.29 is 23.1 Å². The molecule has 8 heteroatoms. The summed E-state index contributed by atoms with van der Waals surface area (Å²) >= 11 is 3.43. The van der Waals surface area contributed by atoms with E-state index in [-0.39, 0.29) is 31.1 Å². The second-order valence-corrected chi connectivity index (χ2v) is 7.16. The number of alkyl halides is 3. The van der Waals surface area contributed by atoms with Crippen molar-refractivity contribution in [1.29, 1.82) is 0 Å². The molecule has 1 heterocycles. The molecule has 26 heavy (non-hydrogen) atoms. The number of carbonyl (C=O) groups is 1. The third-order valence-corrected chi connectivity index (χ3v) is 4.78. The van der Waals surface area contributed by atoms with Crippen molar-refractivity contribution in [3.63, 3.8) is 0 Å². The first kappa shape index (κ1) is 20.5. The van der Waals surface area contributed by atoms with Gasteiger partial charge in [0.2, 0.25) is 0 Å². The molecule has 4 nitrogen and oxygen atoms in total. The van der Waals surface area contributed by atoms with E-state index in [9.17, 15) is 23.1 Å². The van der Waals surface area contributed by atoms with Crippen LogP contribution in [0.25, 0.3) is 0 Å². The van der Waals surface area contributed by atoms with E-state index < -0.39 is 12.6 Å². The van der Waals surface area contributed by atoms with Crippen LogP contribution in [0.3, 0.4) is 0 Å². The standard InChI is InChI=1S/C18H20BrF3N2O2/c19-13-3-4-15-12(7-13)8-17(26)14(16(10-25)24-15)6-11(9-23)2-1-5-18(20,21)22/h1-4,9,12,24-25H,5-8,10,23H2/b2-1-,11-9+. The van der Waals surface area contributed by atoms with E-state index in [1.54, 1.807) is 0 Å². The Morgan fingerprint density at radius 1 is 1.38 bits per heavy atom. The Bertz CT molecular complexity index is 718. The maximum Gasteiger partial charge on any atom is 0.392 e. The van der Waals surface area contributed by atoms with Gasteiger partial charge in [-0.2, -0.15) is 13.2 Å². The molecule has 0 radical (unpaired) electrons. The van der Waals surface area contributed by atoms with Crippen LogP contribution < -0.4 is 11.1 Å². The number of carbonyl (C=O) groups excluding carboxylic acids is 1. The van der Waals surface area contributed by atoms with Gasteiger partial charge in [-0.05, 0) is 28.8 Å². The molecular formula is C18H20BrF3N2O2. The van der Waals surface area contributed by atoms with Crippen molar-refractivity contribution in [1.82, 2.24) is 5.32 Å². The number of halogens is 4. The summed E-state index contributed by atoms with van der Waals surface area (Å²) in [6, 6.07) is 0. The van der Waals surface area contributed by atoms with Gasteiger partial charge in [-0.3, -0.25) is 4.79 Å². The number of fused-ring (bicyclic) bond motifs is 1. The topological polar surface area (TPSA) is 75.3 Å². The lowest BCUT2D eigenvalue weighted by molar-refractivity contribution is -0.125. The zero-order valence-electron chi connectivity index (χ0n) is 13.9. The van der Waals surface area contributed by atoms with E-state index in [1.165, 1.54) is 12.3 Å². The molecule has 0 bridgehead atoms. The number of hydrogen-bond acceptors (Lipinski definition) is 4. The maximum atomic E-state index is 12.7. The molecule has 2 rings (SSSR count). The lowest BCUT2D eigenvalue weighted by Crippen LogP contribution is -2.22. The quantitative estimate of drug-likeness (QED) is 0.578. The number of allylic oxidation sites excluding steroid dienone is 8. The largest absolute Gasteiger partial charge is 0.404 e. The molecule has 0 aromatic carbocycles. The van der Waals surface area contributed by atoms with Crippen LogP contribution in [-0.4, -0.2) is 23.7 Å². The highest BCUT2D eigenvalue weighted by Crippen LogP contribution is 2.34. The van der Waals surface area contributed by atoms with Crippen LogP contribution >= 0.6 is 15.9 Å². The first-order chi connectivity index (χ1) is 12.2. The average Bonchev–Trinajstić information content (AvgIpc) is 2.68. The summed E-state index contributed by atoms with van der Waals surface area (Å²) in [6.07, 6.45) is 2.76. The number of aliphatic hydroxyl groups excluding tert-OH is 1. The molecule has 4 N–H and O–H groups in total. The van der Waals surface area contributed by atoms with Crippen LogP contribution in [0.5, 0.6) is 0 Å². The summed E-state index contributed by atoms with van der Waals surface area (Å²) < 4.78 is 37.8. The Morgan fingerprint density at radius 2 is 2.12 bits per heavy atom. The van der Waals surface area contributed by atoms with Gasteiger partial charge in [0.05, 0.1) is 13.0 Å². The number of aliphatic hydroxyl groups is 1. The summed E-state index contributed by atoms with van der Waals surface area (Å²) in [5, 5.41) is 12.8. The molecule has 0 aromatic rings. The highest BCUT2D eigenvalue weighted by atomic mass is 79.9. The lowest BCUT2D eigenvalue weighted by atomic mass is 9.90. The minimum absolute atomic E-state index is 0.0352. The zero-order valence-corrected chi connectivity index (χ0v) is 15.5. The molecule has 0 spiro atoms. The van der Waals surface area contributed by atoms with Crippen molar-refractivity contribution in [2.75, 3.05) is 6.61 Å². The van der Waals surface area contributed by atoms with Crippen LogP contribution in [0.2, 0.25) is 0 Å². The fourth-order valence-corrected chi connectivity index (χ4v) is 3.41. The van der Waals surface area contributed by atoms with Crippen LogP contribution in [0.15, 0.2) is 57.5 Å². The summed E-state index contributed by atoms with van der Waals surface area (Å²) in [4.78, 5) is 12.7. The number of nitrogens with two attached hydrogens (primary N) is 1. The van der Waals surface area contributed by atoms with Crippen molar-refractivity contribution in [2.45, 2.75) is 31.9 Å². The molecule has 0 saturated carbocycles. The summed E-state index contributed by atoms with van der Waals surface area (Å²) in [5.41, 5.74) is 7.43. The fourth-order valence-electron chi connectivity index (χ4n) is 2.88. The number of nitrogens with one attached hydrogen (secondary N) is 1. The monoisotopic (exact) mass is 432 g/mol. The number of Topliss-reactive ketones (excluding diaryl/α,β-unsaturated/α-hetero) is 1. The third kappa shape index (κ3) is 5.60. The summed E-state index contributed by atoms with van der Waals surface area (Å²) in [5.74, 6) is -0.187. The second kappa shape index (κ2) is 8.73. The molecule has 0 fully saturated rings. The van der Waals surface area contributed by atoms with Gasteiger partial charge in [-0.25, -0.2) is 0 Å². The van der Waals surface area contributed by atoms with E-state index in [1.807, 2.05) is 12.2 Å². The van der Waals surface area contributed by atoms with Gasteiger partial charge >= 0.3 is 6.18 Å². The Hall–Kier alpha value is -1.80. The predicted molar refractivity (Wildman–Crippen MR) is 96.8 cm³/mol. The normalized spacial score (nSPS) is 22.0. The highest BCUT2D eigenvalue weighted by molar-refractivity contribution is 9.11. The van der Waals surface area contributed by atoms with E-state index in [2.05, 4.69) is 21.2 Å². The molecule has 0 saturated heterocycles. The molecule has 0 aromatic heterocycles. The molecule has 142 valence electrons. The second-order valence-electron chi connectivity index (χ2n) is 6.14. The van der Waals surface area contributed by atoms with Crippen LogP contribution in [0, 0.1) is 5.92 Å². The molecule has 1 unspecified atom stereocenters. The number of ketones is 1. The molecule has 1 atom stereocenters. The van der Waals surface area contributed by atoms with Gasteiger partial charge in [0.1, 0.15) is 0 Å². The maximum absolute atomic E-state index is 12.7. The highest BCUT2D eigenvalue weighted by Gasteiger charge is 2.29. The summed E-state index contributed by atoms with van der Waals surface area (Å²) in [7, 11) is 0. The van der Waals surface area contributed by atoms with E-state index in [0.717, 1.165) is 16.3 Å². The Labute approximate surface area is 158 Å². The molecular weight excluding hydrogens is 413 g/mol. The minimum Gasteiger partial charge on any atom is -0.404 e. The van der Waals surface area contributed by atoms with E-state index in [4.69, 9.17) is 5.73 Å². The zero-order chi connectivity index (χ0) is 19.3. The van der Waals surface area contributed by atoms with Gasteiger partial charge < -0.3 is 16.2 Å². The molecule has 2 aliphatic rings. The van der Waals surface area contributed by atoms with Crippen molar-refractivity contribution >= 4 is 21.7 Å². The first-order valence-electron chi connectivity index (χ1n) is 8.07. The summed E-state index contributed by atoms with van der Waals surface area (Å²) in [6.45, 7) is -0.375. The van der Waals surface area contributed by atoms with Crippen LogP contribution in [0.1, 0.15) is 25.7 Å². The third-order valence-electron chi connectivity index (χ3n) is 4.19. The first-order valence-corrected chi connectivity index (χ1v) is 8.86. The van der Waals surface area contributed by atoms with E-state index >= 15 is 0 Å². The molecule has 1 aliphatic carbocycles. The Balaban J connectivity index is 2.22. The minimum atomic E-state index is -4.30. The number of hydrogen-bond donors (Lipinski definition) is 3. The Kier molecular flexibility index (Phi) is 6.88. The van der Waals surface area contributed by atoms with Crippen LogP contribution in [-0.2, 0) is 4.79 Å². The van der Waals surface area contributed by atoms with Crippen molar-refractivity contribution in [2.24, 2.45) is 11.7 Å². The molecule has 1 aliphatic heterocycles. The van der Waals surface area contributed by atoms with Gasteiger partial charge in [0.15, 0.2) is 5.78 Å². The Morgan fingerprint density at radius 3 is 2.73 bits per heavy atom. The van der Waals surface area contributed by atoms with Gasteiger partial charge in [0, 0.05) is 35.7 Å². The predicted octanol–water partition coefficient (Wildman–Crippen LogP) is 3.72. The SMILES string of the molecule is N/C=C(\C=C/CC(F)(F)F)CC1=C(CO)NC2=CC=C(Br)CC2CC1=O. The van der Waals surface area contributed by atoms with Crippen molar-refractivity contribution in [3.8, 4) is 0 Å². The van der Waals surface area contributed by atoms with E-state index in [0.29, 0.717) is 23.3 Å². The molecule has 0 amide bonds. The van der Waals surface area contributed by atoms with Crippen LogP contribution in [0.4, 0.5) is 13.2 Å². The van der Waals surface area contributed by atoms with Gasteiger partial charge in [-0.15, -0.1) is 0 Å². The van der Waals surface area contributed by atoms with Gasteiger partial charge in [-0.1, -0.05) is 34.2 Å². The van der Waals surface area contributed by atoms with Gasteiger partial charge in [0.25, 0.3) is 0 Å². The average molecular weight is 433 g/mol. The van der Waals surface area contributed by atoms with Crippen molar-refractivity contribution in [3.05, 3.63) is 57.5 Å².